The topological polar surface area (TPSA) is 79.4 Å². The highest BCUT2D eigenvalue weighted by Crippen LogP contribution is 2.29. The standard InChI is InChI=1S/C21H27N3O3S2/c1-15-9-11-24(12-10-15)29(26,27)17-6-4-5-16(13-17)19(25)14-22-21-23-18-7-2-3-8-20(18)28-21/h4-6,13,15H,2-3,7-12,14H2,1H3,(H,22,23). The van der Waals surface area contributed by atoms with E-state index in [1.165, 1.54) is 28.1 Å². The molecule has 0 unspecified atom stereocenters. The first-order valence-electron chi connectivity index (χ1n) is 10.3. The second kappa shape index (κ2) is 8.53. The van der Waals surface area contributed by atoms with Gasteiger partial charge in [-0.15, -0.1) is 11.3 Å². The van der Waals surface area contributed by atoms with Gasteiger partial charge in [0, 0.05) is 23.5 Å². The Balaban J connectivity index is 1.43. The van der Waals surface area contributed by atoms with Crippen molar-refractivity contribution in [3.05, 3.63) is 40.4 Å². The lowest BCUT2D eigenvalue weighted by Crippen LogP contribution is -2.37. The molecule has 0 atom stereocenters. The fraction of sp³-hybridized carbons (Fsp3) is 0.524. The van der Waals surface area contributed by atoms with Crippen molar-refractivity contribution < 1.29 is 13.2 Å². The van der Waals surface area contributed by atoms with Crippen LogP contribution in [0.5, 0.6) is 0 Å². The van der Waals surface area contributed by atoms with Gasteiger partial charge in [-0.25, -0.2) is 13.4 Å². The van der Waals surface area contributed by atoms with Crippen molar-refractivity contribution in [2.45, 2.75) is 50.3 Å². The number of carbonyl (C=O) groups excluding carboxylic acids is 1. The third-order valence-corrected chi connectivity index (χ3v) is 8.79. The fourth-order valence-electron chi connectivity index (χ4n) is 3.89. The quantitative estimate of drug-likeness (QED) is 0.702. The number of piperidine rings is 1. The molecule has 0 amide bonds. The number of nitrogens with one attached hydrogen (secondary N) is 1. The zero-order valence-electron chi connectivity index (χ0n) is 16.7. The maximum atomic E-state index is 13.0. The van der Waals surface area contributed by atoms with E-state index in [4.69, 9.17) is 0 Å². The van der Waals surface area contributed by atoms with Crippen LogP contribution in [0.3, 0.4) is 0 Å². The van der Waals surface area contributed by atoms with Crippen molar-refractivity contribution >= 4 is 32.3 Å². The number of nitrogens with zero attached hydrogens (tertiary/aromatic N) is 2. The Hall–Kier alpha value is -1.77. The van der Waals surface area contributed by atoms with Crippen LogP contribution in [0.2, 0.25) is 0 Å². The normalized spacial score (nSPS) is 18.4. The average Bonchev–Trinajstić information content (AvgIpc) is 3.15. The number of ketones is 1. The largest absolute Gasteiger partial charge is 0.354 e. The van der Waals surface area contributed by atoms with Crippen molar-refractivity contribution in [2.24, 2.45) is 5.92 Å². The molecule has 0 bridgehead atoms. The summed E-state index contributed by atoms with van der Waals surface area (Å²) in [5.41, 5.74) is 1.56. The third-order valence-electron chi connectivity index (χ3n) is 5.78. The number of thiazole rings is 1. The van der Waals surface area contributed by atoms with Crippen molar-refractivity contribution in [1.29, 1.82) is 0 Å². The Morgan fingerprint density at radius 2 is 2.00 bits per heavy atom. The minimum absolute atomic E-state index is 0.108. The lowest BCUT2D eigenvalue weighted by atomic mass is 10.0. The molecule has 4 rings (SSSR count). The van der Waals surface area contributed by atoms with Crippen LogP contribution in [0.4, 0.5) is 5.13 Å². The molecule has 0 radical (unpaired) electrons. The first kappa shape index (κ1) is 20.5. The van der Waals surface area contributed by atoms with Crippen LogP contribution in [0.25, 0.3) is 0 Å². The van der Waals surface area contributed by atoms with Crippen LogP contribution in [0.15, 0.2) is 29.2 Å². The zero-order chi connectivity index (χ0) is 20.4. The summed E-state index contributed by atoms with van der Waals surface area (Å²) in [5.74, 6) is 0.416. The summed E-state index contributed by atoms with van der Waals surface area (Å²) < 4.78 is 27.4. The molecule has 8 heteroatoms. The zero-order valence-corrected chi connectivity index (χ0v) is 18.3. The molecule has 0 saturated carbocycles. The van der Waals surface area contributed by atoms with E-state index in [0.717, 1.165) is 36.5 Å². The smallest absolute Gasteiger partial charge is 0.243 e. The number of aryl methyl sites for hydroxylation is 2. The molecule has 1 aliphatic heterocycles. The predicted octanol–water partition coefficient (Wildman–Crippen LogP) is 3.74. The molecule has 29 heavy (non-hydrogen) atoms. The number of anilines is 1. The highest BCUT2D eigenvalue weighted by molar-refractivity contribution is 7.89. The molecule has 0 spiro atoms. The van der Waals surface area contributed by atoms with E-state index in [-0.39, 0.29) is 17.2 Å². The summed E-state index contributed by atoms with van der Waals surface area (Å²) >= 11 is 1.62. The number of fused-ring (bicyclic) bond motifs is 1. The van der Waals surface area contributed by atoms with Crippen molar-refractivity contribution in [3.63, 3.8) is 0 Å². The Kier molecular flexibility index (Phi) is 6.03. The van der Waals surface area contributed by atoms with Crippen LogP contribution < -0.4 is 5.32 Å². The minimum atomic E-state index is -3.56. The molecule has 2 aliphatic rings. The molecule has 2 heterocycles. The molecule has 1 N–H and O–H groups in total. The first-order chi connectivity index (χ1) is 13.9. The average molecular weight is 434 g/mol. The summed E-state index contributed by atoms with van der Waals surface area (Å²) in [6.07, 6.45) is 6.20. The maximum Gasteiger partial charge on any atom is 0.243 e. The van der Waals surface area contributed by atoms with E-state index < -0.39 is 10.0 Å². The third kappa shape index (κ3) is 4.54. The summed E-state index contributed by atoms with van der Waals surface area (Å²) in [6.45, 7) is 3.34. The SMILES string of the molecule is CC1CCN(S(=O)(=O)c2cccc(C(=O)CNc3nc4c(s3)CCCC4)c2)CC1. The number of sulfonamides is 1. The summed E-state index contributed by atoms with van der Waals surface area (Å²) in [7, 11) is -3.56. The molecule has 1 aromatic heterocycles. The molecule has 1 saturated heterocycles. The van der Waals surface area contributed by atoms with E-state index in [2.05, 4.69) is 17.2 Å². The van der Waals surface area contributed by atoms with Gasteiger partial charge in [-0.3, -0.25) is 4.79 Å². The summed E-state index contributed by atoms with van der Waals surface area (Å²) in [4.78, 5) is 18.8. The molecule has 2 aromatic rings. The highest BCUT2D eigenvalue weighted by Gasteiger charge is 2.28. The Labute approximate surface area is 176 Å². The molecular weight excluding hydrogens is 406 g/mol. The van der Waals surface area contributed by atoms with Gasteiger partial charge in [-0.05, 0) is 56.6 Å². The predicted molar refractivity (Wildman–Crippen MR) is 115 cm³/mol. The lowest BCUT2D eigenvalue weighted by Gasteiger charge is -2.29. The van der Waals surface area contributed by atoms with Gasteiger partial charge in [0.05, 0.1) is 17.1 Å². The molecule has 1 fully saturated rings. The summed E-state index contributed by atoms with van der Waals surface area (Å²) in [5, 5.41) is 3.90. The van der Waals surface area contributed by atoms with E-state index >= 15 is 0 Å². The number of carbonyl (C=O) groups is 1. The van der Waals surface area contributed by atoms with Crippen LogP contribution in [-0.2, 0) is 22.9 Å². The van der Waals surface area contributed by atoms with Gasteiger partial charge in [-0.1, -0.05) is 19.1 Å². The molecular formula is C21H27N3O3S2. The van der Waals surface area contributed by atoms with Gasteiger partial charge in [0.1, 0.15) is 0 Å². The molecule has 1 aliphatic carbocycles. The van der Waals surface area contributed by atoms with E-state index in [1.54, 1.807) is 29.5 Å². The van der Waals surface area contributed by atoms with Crippen molar-refractivity contribution in [2.75, 3.05) is 25.0 Å². The first-order valence-corrected chi connectivity index (χ1v) is 12.5. The number of hydrogen-bond donors (Lipinski definition) is 1. The Morgan fingerprint density at radius 3 is 2.76 bits per heavy atom. The van der Waals surface area contributed by atoms with Gasteiger partial charge in [0.2, 0.25) is 10.0 Å². The number of Topliss-reactive ketones (excluding diaryl/α,β-unsaturated/α-hetero) is 1. The Morgan fingerprint density at radius 1 is 1.24 bits per heavy atom. The summed E-state index contributed by atoms with van der Waals surface area (Å²) in [6, 6.07) is 6.40. The van der Waals surface area contributed by atoms with Gasteiger partial charge in [0.15, 0.2) is 10.9 Å². The van der Waals surface area contributed by atoms with Crippen LogP contribution in [0, 0.1) is 5.92 Å². The van der Waals surface area contributed by atoms with Crippen LogP contribution in [0.1, 0.15) is 53.5 Å². The van der Waals surface area contributed by atoms with Gasteiger partial charge < -0.3 is 5.32 Å². The highest BCUT2D eigenvalue weighted by atomic mass is 32.2. The van der Waals surface area contributed by atoms with E-state index in [0.29, 0.717) is 24.6 Å². The van der Waals surface area contributed by atoms with Crippen LogP contribution in [-0.4, -0.2) is 43.1 Å². The lowest BCUT2D eigenvalue weighted by molar-refractivity contribution is 0.101. The monoisotopic (exact) mass is 433 g/mol. The second-order valence-corrected chi connectivity index (χ2v) is 11.0. The van der Waals surface area contributed by atoms with Gasteiger partial charge in [0.25, 0.3) is 0 Å². The molecule has 156 valence electrons. The van der Waals surface area contributed by atoms with E-state index in [1.807, 2.05) is 0 Å². The van der Waals surface area contributed by atoms with Crippen molar-refractivity contribution in [1.82, 2.24) is 9.29 Å². The number of rotatable bonds is 6. The van der Waals surface area contributed by atoms with Gasteiger partial charge >= 0.3 is 0 Å². The van der Waals surface area contributed by atoms with Crippen LogP contribution >= 0.6 is 11.3 Å². The fourth-order valence-corrected chi connectivity index (χ4v) is 6.45. The minimum Gasteiger partial charge on any atom is -0.354 e. The molecule has 1 aromatic carbocycles. The Bertz CT molecular complexity index is 969. The molecule has 6 nitrogen and oxygen atoms in total. The maximum absolute atomic E-state index is 13.0. The van der Waals surface area contributed by atoms with Gasteiger partial charge in [-0.2, -0.15) is 4.31 Å². The number of aromatic nitrogens is 1. The number of benzene rings is 1. The van der Waals surface area contributed by atoms with E-state index in [9.17, 15) is 13.2 Å². The number of hydrogen-bond acceptors (Lipinski definition) is 6. The van der Waals surface area contributed by atoms with Crippen molar-refractivity contribution in [3.8, 4) is 0 Å². The second-order valence-electron chi connectivity index (χ2n) is 7.99.